The Labute approximate surface area is 137 Å². The van der Waals surface area contributed by atoms with E-state index in [9.17, 15) is 13.6 Å². The van der Waals surface area contributed by atoms with Crippen LogP contribution in [0.25, 0.3) is 0 Å². The Bertz CT molecular complexity index is 750. The van der Waals surface area contributed by atoms with Gasteiger partial charge in [0.15, 0.2) is 5.82 Å². The average Bonchev–Trinajstić information content (AvgIpc) is 3.15. The molecule has 6 nitrogen and oxygen atoms in total. The third kappa shape index (κ3) is 3.28. The number of carbonyl (C=O) groups is 1. The molecule has 8 heteroatoms. The Balaban J connectivity index is 1.80. The van der Waals surface area contributed by atoms with Crippen LogP contribution in [0.4, 0.5) is 8.78 Å². The molecule has 2 atom stereocenters. The van der Waals surface area contributed by atoms with E-state index in [0.29, 0.717) is 24.7 Å². The SMILES string of the molecule is CO[C@@H]1C[C@H](c2nc(C)no2)N(C(=O)Cc2ccc(F)cc2F)C1. The fourth-order valence-electron chi connectivity index (χ4n) is 2.86. The molecule has 0 unspecified atom stereocenters. The van der Waals surface area contributed by atoms with Crippen LogP contribution in [0.1, 0.15) is 29.7 Å². The summed E-state index contributed by atoms with van der Waals surface area (Å²) in [5, 5.41) is 3.75. The third-order valence-corrected chi connectivity index (χ3v) is 4.10. The van der Waals surface area contributed by atoms with Crippen LogP contribution in [-0.2, 0) is 16.0 Å². The number of hydrogen-bond acceptors (Lipinski definition) is 5. The summed E-state index contributed by atoms with van der Waals surface area (Å²) in [6.07, 6.45) is 0.186. The van der Waals surface area contributed by atoms with E-state index in [2.05, 4.69) is 10.1 Å². The molecule has 128 valence electrons. The number of hydrogen-bond donors (Lipinski definition) is 0. The number of methoxy groups -OCH3 is 1. The van der Waals surface area contributed by atoms with Gasteiger partial charge in [0.05, 0.1) is 12.5 Å². The summed E-state index contributed by atoms with van der Waals surface area (Å²) in [5.41, 5.74) is 0.141. The van der Waals surface area contributed by atoms with Gasteiger partial charge >= 0.3 is 0 Å². The van der Waals surface area contributed by atoms with Gasteiger partial charge in [-0.05, 0) is 18.6 Å². The molecule has 1 fully saturated rings. The van der Waals surface area contributed by atoms with Gasteiger partial charge in [-0.2, -0.15) is 4.98 Å². The Kier molecular flexibility index (Phi) is 4.57. The number of halogens is 2. The van der Waals surface area contributed by atoms with Crippen LogP contribution in [0.15, 0.2) is 22.7 Å². The van der Waals surface area contributed by atoms with Crippen molar-refractivity contribution in [2.75, 3.05) is 13.7 Å². The standard InChI is InChI=1S/C16H17F2N3O3/c1-9-19-16(24-20-9)14-7-12(23-2)8-21(14)15(22)5-10-3-4-11(17)6-13(10)18/h3-4,6,12,14H,5,7-8H2,1-2H3/t12-,14-/m1/s1. The summed E-state index contributed by atoms with van der Waals surface area (Å²) < 4.78 is 37.3. The summed E-state index contributed by atoms with van der Waals surface area (Å²) in [7, 11) is 1.56. The van der Waals surface area contributed by atoms with Gasteiger partial charge in [-0.1, -0.05) is 11.2 Å². The molecule has 0 N–H and O–H groups in total. The predicted octanol–water partition coefficient (Wildman–Crippen LogP) is 2.19. The van der Waals surface area contributed by atoms with E-state index in [1.807, 2.05) is 0 Å². The minimum absolute atomic E-state index is 0.141. The normalized spacial score (nSPS) is 20.6. The average molecular weight is 337 g/mol. The Morgan fingerprint density at radius 3 is 2.88 bits per heavy atom. The van der Waals surface area contributed by atoms with Crippen molar-refractivity contribution in [3.63, 3.8) is 0 Å². The lowest BCUT2D eigenvalue weighted by molar-refractivity contribution is -0.132. The van der Waals surface area contributed by atoms with E-state index in [1.54, 1.807) is 18.9 Å². The maximum atomic E-state index is 13.8. The third-order valence-electron chi connectivity index (χ3n) is 4.10. The number of aryl methyl sites for hydroxylation is 1. The topological polar surface area (TPSA) is 68.5 Å². The van der Waals surface area contributed by atoms with Crippen molar-refractivity contribution in [3.05, 3.63) is 47.1 Å². The fraction of sp³-hybridized carbons (Fsp3) is 0.438. The maximum Gasteiger partial charge on any atom is 0.249 e. The zero-order valence-corrected chi connectivity index (χ0v) is 13.3. The van der Waals surface area contributed by atoms with Crippen molar-refractivity contribution in [3.8, 4) is 0 Å². The lowest BCUT2D eigenvalue weighted by Gasteiger charge is -2.21. The molecule has 1 aromatic heterocycles. The van der Waals surface area contributed by atoms with Gasteiger partial charge in [-0.25, -0.2) is 8.78 Å². The van der Waals surface area contributed by atoms with E-state index < -0.39 is 17.7 Å². The van der Waals surface area contributed by atoms with Crippen molar-refractivity contribution in [1.29, 1.82) is 0 Å². The number of rotatable bonds is 4. The second-order valence-corrected chi connectivity index (χ2v) is 5.75. The second-order valence-electron chi connectivity index (χ2n) is 5.75. The van der Waals surface area contributed by atoms with Crippen LogP contribution in [0.3, 0.4) is 0 Å². The summed E-state index contributed by atoms with van der Waals surface area (Å²) in [4.78, 5) is 18.3. The van der Waals surface area contributed by atoms with Crippen LogP contribution in [0.5, 0.6) is 0 Å². The molecule has 0 aliphatic carbocycles. The molecule has 0 radical (unpaired) electrons. The highest BCUT2D eigenvalue weighted by Crippen LogP contribution is 2.33. The van der Waals surface area contributed by atoms with Gasteiger partial charge in [-0.3, -0.25) is 4.79 Å². The second kappa shape index (κ2) is 6.64. The first-order valence-corrected chi connectivity index (χ1v) is 7.54. The molecule has 0 saturated carbocycles. The van der Waals surface area contributed by atoms with E-state index >= 15 is 0 Å². The minimum atomic E-state index is -0.740. The summed E-state index contributed by atoms with van der Waals surface area (Å²) in [6, 6.07) is 2.76. The van der Waals surface area contributed by atoms with Gasteiger partial charge < -0.3 is 14.2 Å². The predicted molar refractivity (Wildman–Crippen MR) is 79.0 cm³/mol. The van der Waals surface area contributed by atoms with Crippen LogP contribution < -0.4 is 0 Å². The number of aromatic nitrogens is 2. The van der Waals surface area contributed by atoms with Gasteiger partial charge in [0.2, 0.25) is 11.8 Å². The highest BCUT2D eigenvalue weighted by Gasteiger charge is 2.39. The van der Waals surface area contributed by atoms with Crippen LogP contribution in [0.2, 0.25) is 0 Å². The van der Waals surface area contributed by atoms with Gasteiger partial charge in [-0.15, -0.1) is 0 Å². The Morgan fingerprint density at radius 2 is 2.25 bits per heavy atom. The number of ether oxygens (including phenoxy) is 1. The van der Waals surface area contributed by atoms with Crippen molar-refractivity contribution in [2.24, 2.45) is 0 Å². The maximum absolute atomic E-state index is 13.8. The van der Waals surface area contributed by atoms with Gasteiger partial charge in [0.25, 0.3) is 0 Å². The lowest BCUT2D eigenvalue weighted by atomic mass is 10.1. The van der Waals surface area contributed by atoms with Crippen molar-refractivity contribution >= 4 is 5.91 Å². The molecular formula is C16H17F2N3O3. The number of carbonyl (C=O) groups excluding carboxylic acids is 1. The molecular weight excluding hydrogens is 320 g/mol. The van der Waals surface area contributed by atoms with Crippen LogP contribution >= 0.6 is 0 Å². The molecule has 3 rings (SSSR count). The molecule has 0 spiro atoms. The molecule has 1 amide bonds. The zero-order valence-electron chi connectivity index (χ0n) is 13.3. The Morgan fingerprint density at radius 1 is 1.46 bits per heavy atom. The van der Waals surface area contributed by atoms with Crippen LogP contribution in [0, 0.1) is 18.6 Å². The van der Waals surface area contributed by atoms with Crippen molar-refractivity contribution in [2.45, 2.75) is 31.9 Å². The smallest absolute Gasteiger partial charge is 0.249 e. The van der Waals surface area contributed by atoms with Crippen LogP contribution in [-0.4, -0.2) is 40.7 Å². The minimum Gasteiger partial charge on any atom is -0.380 e. The molecule has 24 heavy (non-hydrogen) atoms. The summed E-state index contributed by atoms with van der Waals surface area (Å²) in [6.45, 7) is 2.04. The fourth-order valence-corrected chi connectivity index (χ4v) is 2.86. The van der Waals surface area contributed by atoms with E-state index in [1.165, 1.54) is 6.07 Å². The van der Waals surface area contributed by atoms with E-state index in [4.69, 9.17) is 9.26 Å². The van der Waals surface area contributed by atoms with Gasteiger partial charge in [0.1, 0.15) is 17.7 Å². The number of nitrogens with zero attached hydrogens (tertiary/aromatic N) is 3. The lowest BCUT2D eigenvalue weighted by Crippen LogP contribution is -2.33. The van der Waals surface area contributed by atoms with E-state index in [-0.39, 0.29) is 24.0 Å². The molecule has 1 aliphatic heterocycles. The quantitative estimate of drug-likeness (QED) is 0.855. The highest BCUT2D eigenvalue weighted by atomic mass is 19.1. The summed E-state index contributed by atoms with van der Waals surface area (Å²) >= 11 is 0. The zero-order chi connectivity index (χ0) is 17.3. The first kappa shape index (κ1) is 16.5. The first-order chi connectivity index (χ1) is 11.5. The number of amides is 1. The molecule has 1 aromatic carbocycles. The number of benzene rings is 1. The monoisotopic (exact) mass is 337 g/mol. The molecule has 1 saturated heterocycles. The first-order valence-electron chi connectivity index (χ1n) is 7.54. The molecule has 2 aromatic rings. The molecule has 0 bridgehead atoms. The van der Waals surface area contributed by atoms with Crippen molar-refractivity contribution in [1.82, 2.24) is 15.0 Å². The van der Waals surface area contributed by atoms with Crippen molar-refractivity contribution < 1.29 is 22.8 Å². The largest absolute Gasteiger partial charge is 0.380 e. The summed E-state index contributed by atoms with van der Waals surface area (Å²) in [5.74, 6) is -0.914. The molecule has 2 heterocycles. The van der Waals surface area contributed by atoms with E-state index in [0.717, 1.165) is 12.1 Å². The highest BCUT2D eigenvalue weighted by molar-refractivity contribution is 5.79. The van der Waals surface area contributed by atoms with Gasteiger partial charge in [0, 0.05) is 26.1 Å². The Hall–Kier alpha value is -2.35. The number of likely N-dealkylation sites (tertiary alicyclic amines) is 1. The molecule has 1 aliphatic rings.